The van der Waals surface area contributed by atoms with Gasteiger partial charge in [0.15, 0.2) is 0 Å². The van der Waals surface area contributed by atoms with Gasteiger partial charge in [-0.3, -0.25) is 14.4 Å². The highest BCUT2D eigenvalue weighted by Gasteiger charge is 2.54. The molecule has 0 radical (unpaired) electrons. The summed E-state index contributed by atoms with van der Waals surface area (Å²) in [6, 6.07) is 16.7. The number of halogens is 1. The van der Waals surface area contributed by atoms with Gasteiger partial charge in [0.25, 0.3) is 5.91 Å². The molecular weight excluding hydrogens is 340 g/mol. The molecule has 0 unspecified atom stereocenters. The minimum atomic E-state index is -0.594. The smallest absolute Gasteiger partial charge is 0.255 e. The van der Waals surface area contributed by atoms with Crippen molar-refractivity contribution in [3.8, 4) is 0 Å². The van der Waals surface area contributed by atoms with Gasteiger partial charge in [0.1, 0.15) is 5.60 Å². The lowest BCUT2D eigenvalue weighted by atomic mass is 9.90. The van der Waals surface area contributed by atoms with Gasteiger partial charge in [-0.05, 0) is 17.7 Å². The van der Waals surface area contributed by atoms with Gasteiger partial charge < -0.3 is 4.90 Å². The number of hydroxylamine groups is 2. The average Bonchev–Trinajstić information content (AvgIpc) is 2.91. The van der Waals surface area contributed by atoms with Crippen molar-refractivity contribution in [1.29, 1.82) is 0 Å². The summed E-state index contributed by atoms with van der Waals surface area (Å²) in [5, 5.41) is 1.84. The van der Waals surface area contributed by atoms with E-state index in [0.717, 1.165) is 5.56 Å². The summed E-state index contributed by atoms with van der Waals surface area (Å²) < 4.78 is 0. The van der Waals surface area contributed by atoms with Gasteiger partial charge in [-0.15, -0.1) is 0 Å². The van der Waals surface area contributed by atoms with Crippen LogP contribution in [0, 0.1) is 0 Å². The zero-order valence-corrected chi connectivity index (χ0v) is 14.3. The zero-order chi connectivity index (χ0) is 17.4. The maximum absolute atomic E-state index is 12.5. The molecule has 0 N–H and O–H groups in total. The second-order valence-corrected chi connectivity index (χ2v) is 6.92. The molecule has 0 bridgehead atoms. The van der Waals surface area contributed by atoms with Crippen LogP contribution >= 0.6 is 11.6 Å². The number of carbonyl (C=O) groups is 2. The number of amides is 2. The van der Waals surface area contributed by atoms with Gasteiger partial charge in [-0.25, -0.2) is 5.06 Å². The maximum Gasteiger partial charge on any atom is 0.255 e. The van der Waals surface area contributed by atoms with Gasteiger partial charge in [0.05, 0.1) is 36.6 Å². The first kappa shape index (κ1) is 16.1. The Hall–Kier alpha value is -2.37. The number of hydrogen-bond donors (Lipinski definition) is 0. The minimum absolute atomic E-state index is 0.0475. The van der Waals surface area contributed by atoms with Crippen LogP contribution in [0.1, 0.15) is 22.3 Å². The van der Waals surface area contributed by atoms with Crippen LogP contribution in [0.3, 0.4) is 0 Å². The second-order valence-electron chi connectivity index (χ2n) is 6.51. The lowest BCUT2D eigenvalue weighted by Gasteiger charge is -2.45. The fourth-order valence-electron chi connectivity index (χ4n) is 3.32. The van der Waals surface area contributed by atoms with Crippen molar-refractivity contribution < 1.29 is 14.4 Å². The molecule has 4 rings (SSSR count). The largest absolute Gasteiger partial charge is 0.332 e. The molecule has 25 heavy (non-hydrogen) atoms. The molecule has 2 aromatic carbocycles. The van der Waals surface area contributed by atoms with Crippen molar-refractivity contribution >= 4 is 23.4 Å². The molecule has 6 heteroatoms. The minimum Gasteiger partial charge on any atom is -0.332 e. The highest BCUT2D eigenvalue weighted by Crippen LogP contribution is 2.37. The van der Waals surface area contributed by atoms with E-state index >= 15 is 0 Å². The van der Waals surface area contributed by atoms with Crippen molar-refractivity contribution in [3.05, 3.63) is 70.7 Å². The molecule has 2 amide bonds. The molecule has 2 heterocycles. The molecule has 1 spiro atoms. The second kappa shape index (κ2) is 6.17. The Morgan fingerprint density at radius 1 is 1.08 bits per heavy atom. The normalized spacial score (nSPS) is 18.5. The van der Waals surface area contributed by atoms with E-state index in [2.05, 4.69) is 0 Å². The van der Waals surface area contributed by atoms with Gasteiger partial charge in [0.2, 0.25) is 5.91 Å². The number of rotatable bonds is 3. The van der Waals surface area contributed by atoms with Crippen LogP contribution < -0.4 is 0 Å². The van der Waals surface area contributed by atoms with Gasteiger partial charge in [-0.2, -0.15) is 0 Å². The van der Waals surface area contributed by atoms with Crippen molar-refractivity contribution in [2.45, 2.75) is 18.6 Å². The fraction of sp³-hybridized carbons (Fsp3) is 0.263. The lowest BCUT2D eigenvalue weighted by Crippen LogP contribution is -2.63. The first-order valence-corrected chi connectivity index (χ1v) is 8.51. The van der Waals surface area contributed by atoms with Crippen LogP contribution in [0.15, 0.2) is 54.6 Å². The summed E-state index contributed by atoms with van der Waals surface area (Å²) in [6.07, 6.45) is 0.298. The van der Waals surface area contributed by atoms with Gasteiger partial charge in [0, 0.05) is 0 Å². The van der Waals surface area contributed by atoms with Crippen molar-refractivity contribution in [2.75, 3.05) is 13.1 Å². The summed E-state index contributed by atoms with van der Waals surface area (Å²) in [6.45, 7) is 1.21. The van der Waals surface area contributed by atoms with Crippen LogP contribution in [0.2, 0.25) is 5.02 Å². The molecule has 2 aliphatic heterocycles. The predicted molar refractivity (Wildman–Crippen MR) is 92.8 cm³/mol. The van der Waals surface area contributed by atoms with E-state index in [0.29, 0.717) is 36.6 Å². The number of benzene rings is 2. The maximum atomic E-state index is 12.5. The number of likely N-dealkylation sites (tertiary alicyclic amines) is 1. The van der Waals surface area contributed by atoms with Crippen LogP contribution in [0.5, 0.6) is 0 Å². The van der Waals surface area contributed by atoms with Gasteiger partial charge >= 0.3 is 0 Å². The number of carbonyl (C=O) groups excluding carboxylic acids is 2. The van der Waals surface area contributed by atoms with Crippen LogP contribution in [-0.2, 0) is 16.2 Å². The highest BCUT2D eigenvalue weighted by molar-refractivity contribution is 6.33. The van der Waals surface area contributed by atoms with Gasteiger partial charge in [-0.1, -0.05) is 54.1 Å². The SMILES string of the molecule is O=C(c1ccccc1Cl)N1CC2(CC(=O)N(Cc3ccccc3)O2)C1. The Bertz CT molecular complexity index is 818. The molecule has 2 saturated heterocycles. The van der Waals surface area contributed by atoms with E-state index in [4.69, 9.17) is 16.4 Å². The third-order valence-electron chi connectivity index (χ3n) is 4.57. The molecule has 2 aromatic rings. The van der Waals surface area contributed by atoms with Crippen LogP contribution in [0.4, 0.5) is 0 Å². The first-order valence-electron chi connectivity index (χ1n) is 8.14. The first-order chi connectivity index (χ1) is 12.1. The topological polar surface area (TPSA) is 49.9 Å². The Balaban J connectivity index is 1.40. The Morgan fingerprint density at radius 2 is 1.76 bits per heavy atom. The Morgan fingerprint density at radius 3 is 2.48 bits per heavy atom. The van der Waals surface area contributed by atoms with Crippen LogP contribution in [-0.4, -0.2) is 40.5 Å². The lowest BCUT2D eigenvalue weighted by molar-refractivity contribution is -0.233. The molecule has 0 saturated carbocycles. The highest BCUT2D eigenvalue weighted by atomic mass is 35.5. The monoisotopic (exact) mass is 356 g/mol. The third kappa shape index (κ3) is 3.01. The quantitative estimate of drug-likeness (QED) is 0.849. The molecule has 0 aromatic heterocycles. The van der Waals surface area contributed by atoms with Crippen molar-refractivity contribution in [1.82, 2.24) is 9.96 Å². The number of hydrogen-bond acceptors (Lipinski definition) is 3. The molecule has 2 fully saturated rings. The summed E-state index contributed by atoms with van der Waals surface area (Å²) >= 11 is 6.09. The molecule has 0 atom stereocenters. The summed E-state index contributed by atoms with van der Waals surface area (Å²) in [5.74, 6) is -0.178. The summed E-state index contributed by atoms with van der Waals surface area (Å²) in [4.78, 5) is 32.4. The molecular formula is C19H17ClN2O3. The molecule has 0 aliphatic carbocycles. The van der Waals surface area contributed by atoms with Crippen LogP contribution in [0.25, 0.3) is 0 Å². The van der Waals surface area contributed by atoms with Crippen molar-refractivity contribution in [3.63, 3.8) is 0 Å². The van der Waals surface area contributed by atoms with E-state index in [9.17, 15) is 9.59 Å². The average molecular weight is 357 g/mol. The fourth-order valence-corrected chi connectivity index (χ4v) is 3.53. The van der Waals surface area contributed by atoms with Crippen molar-refractivity contribution in [2.24, 2.45) is 0 Å². The molecule has 2 aliphatic rings. The summed E-state index contributed by atoms with van der Waals surface area (Å²) in [5.41, 5.74) is 0.892. The van der Waals surface area contributed by atoms with E-state index in [1.165, 1.54) is 5.06 Å². The van der Waals surface area contributed by atoms with E-state index in [1.54, 1.807) is 29.2 Å². The predicted octanol–water partition coefficient (Wildman–Crippen LogP) is 2.90. The standard InChI is InChI=1S/C19H17ClN2O3/c20-16-9-5-4-8-15(16)18(24)21-12-19(13-21)10-17(23)22(25-19)11-14-6-2-1-3-7-14/h1-9H,10-13H2. The summed E-state index contributed by atoms with van der Waals surface area (Å²) in [7, 11) is 0. The molecule has 5 nitrogen and oxygen atoms in total. The van der Waals surface area contributed by atoms with E-state index in [1.807, 2.05) is 30.3 Å². The van der Waals surface area contributed by atoms with E-state index < -0.39 is 5.60 Å². The third-order valence-corrected chi connectivity index (χ3v) is 4.90. The molecule has 128 valence electrons. The Labute approximate surface area is 150 Å². The Kier molecular flexibility index (Phi) is 3.98. The number of nitrogens with zero attached hydrogens (tertiary/aromatic N) is 2. The zero-order valence-electron chi connectivity index (χ0n) is 13.5. The van der Waals surface area contributed by atoms with E-state index in [-0.39, 0.29) is 11.8 Å².